The summed E-state index contributed by atoms with van der Waals surface area (Å²) in [5.74, 6) is 0.294. The van der Waals surface area contributed by atoms with Gasteiger partial charge in [0.2, 0.25) is 0 Å². The van der Waals surface area contributed by atoms with Crippen molar-refractivity contribution in [2.75, 3.05) is 5.73 Å². The number of esters is 1. The molecule has 94 valence electrons. The summed E-state index contributed by atoms with van der Waals surface area (Å²) < 4.78 is 5.46. The summed E-state index contributed by atoms with van der Waals surface area (Å²) in [6.45, 7) is 2.18. The molecule has 0 amide bonds. The topological polar surface area (TPSA) is 81.0 Å². The lowest BCUT2D eigenvalue weighted by Gasteiger charge is -2.27. The molecule has 3 N–H and O–H groups in total. The zero-order valence-corrected chi connectivity index (χ0v) is 10.1. The van der Waals surface area contributed by atoms with Crippen LogP contribution >= 0.6 is 0 Å². The summed E-state index contributed by atoms with van der Waals surface area (Å²) in [4.78, 5) is 11.8. The number of hydrogen-bond acceptors (Lipinski definition) is 4. The van der Waals surface area contributed by atoms with Crippen molar-refractivity contribution >= 4 is 11.7 Å². The van der Waals surface area contributed by atoms with Crippen LogP contribution in [0.3, 0.4) is 0 Å². The van der Waals surface area contributed by atoms with Crippen LogP contribution < -0.4 is 5.73 Å². The van der Waals surface area contributed by atoms with Gasteiger partial charge in [-0.05, 0) is 25.2 Å². The van der Waals surface area contributed by atoms with Crippen molar-refractivity contribution in [3.8, 4) is 0 Å². The van der Waals surface area contributed by atoms with Gasteiger partial charge in [0.25, 0.3) is 0 Å². The number of nitrogen functional groups attached to an aromatic ring is 1. The second-order valence-electron chi connectivity index (χ2n) is 4.67. The first-order chi connectivity index (χ1) is 8.20. The minimum Gasteiger partial charge on any atom is -0.458 e. The van der Waals surface area contributed by atoms with E-state index in [0.717, 1.165) is 25.7 Å². The van der Waals surface area contributed by atoms with Crippen LogP contribution in [0.5, 0.6) is 0 Å². The Balaban J connectivity index is 1.93. The first-order valence-electron chi connectivity index (χ1n) is 6.20. The third kappa shape index (κ3) is 2.78. The number of nitrogens with zero attached hydrogens (tertiary/aromatic N) is 1. The minimum absolute atomic E-state index is 0.0314. The van der Waals surface area contributed by atoms with Gasteiger partial charge in [0.1, 0.15) is 6.10 Å². The maximum absolute atomic E-state index is 11.8. The van der Waals surface area contributed by atoms with Crippen LogP contribution in [0.15, 0.2) is 6.20 Å². The van der Waals surface area contributed by atoms with Gasteiger partial charge in [-0.2, -0.15) is 5.10 Å². The summed E-state index contributed by atoms with van der Waals surface area (Å²) in [5.41, 5.74) is 6.22. The number of aromatic amines is 1. The van der Waals surface area contributed by atoms with Crippen molar-refractivity contribution in [2.45, 2.75) is 45.1 Å². The Labute approximate surface area is 101 Å². The summed E-state index contributed by atoms with van der Waals surface area (Å²) in [7, 11) is 0. The van der Waals surface area contributed by atoms with E-state index in [0.29, 0.717) is 11.6 Å². The largest absolute Gasteiger partial charge is 0.458 e. The van der Waals surface area contributed by atoms with E-state index in [1.807, 2.05) is 0 Å². The van der Waals surface area contributed by atoms with Crippen molar-refractivity contribution in [3.63, 3.8) is 0 Å². The fraction of sp³-hybridized carbons (Fsp3) is 0.667. The van der Waals surface area contributed by atoms with Crippen LogP contribution in [-0.2, 0) is 4.74 Å². The van der Waals surface area contributed by atoms with Crippen molar-refractivity contribution in [2.24, 2.45) is 5.92 Å². The molecule has 1 aliphatic carbocycles. The van der Waals surface area contributed by atoms with Crippen LogP contribution in [-0.4, -0.2) is 22.3 Å². The minimum atomic E-state index is -0.387. The normalized spacial score (nSPS) is 24.5. The average Bonchev–Trinajstić information content (AvgIpc) is 2.76. The molecule has 1 heterocycles. The number of aromatic nitrogens is 2. The highest BCUT2D eigenvalue weighted by Gasteiger charge is 2.25. The van der Waals surface area contributed by atoms with Gasteiger partial charge < -0.3 is 10.5 Å². The quantitative estimate of drug-likeness (QED) is 0.789. The molecule has 0 aliphatic heterocycles. The van der Waals surface area contributed by atoms with E-state index < -0.39 is 0 Å². The Morgan fingerprint density at radius 3 is 3.12 bits per heavy atom. The van der Waals surface area contributed by atoms with Crippen molar-refractivity contribution in [1.29, 1.82) is 0 Å². The molecule has 1 aromatic heterocycles. The molecule has 2 unspecified atom stereocenters. The Hall–Kier alpha value is -1.52. The molecule has 1 fully saturated rings. The summed E-state index contributed by atoms with van der Waals surface area (Å²) in [5, 5.41) is 6.29. The lowest BCUT2D eigenvalue weighted by Crippen LogP contribution is -2.25. The fourth-order valence-electron chi connectivity index (χ4n) is 2.39. The molecule has 0 aromatic carbocycles. The summed E-state index contributed by atoms with van der Waals surface area (Å²) in [6.07, 6.45) is 6.91. The summed E-state index contributed by atoms with van der Waals surface area (Å²) >= 11 is 0. The maximum Gasteiger partial charge on any atom is 0.358 e. The van der Waals surface area contributed by atoms with Gasteiger partial charge in [-0.15, -0.1) is 0 Å². The number of nitrogens with one attached hydrogen (secondary N) is 1. The first kappa shape index (κ1) is 12.0. The highest BCUT2D eigenvalue weighted by atomic mass is 16.5. The molecule has 5 heteroatoms. The van der Waals surface area contributed by atoms with Gasteiger partial charge in [-0.3, -0.25) is 5.10 Å². The SMILES string of the molecule is CCC1CCCC(OC(=O)c2[nH]ncc2N)C1. The van der Waals surface area contributed by atoms with E-state index >= 15 is 0 Å². The van der Waals surface area contributed by atoms with Crippen LogP contribution in [0.4, 0.5) is 5.69 Å². The van der Waals surface area contributed by atoms with Crippen molar-refractivity contribution in [1.82, 2.24) is 10.2 Å². The van der Waals surface area contributed by atoms with Crippen molar-refractivity contribution < 1.29 is 9.53 Å². The first-order valence-corrected chi connectivity index (χ1v) is 6.20. The van der Waals surface area contributed by atoms with Crippen LogP contribution in [0.2, 0.25) is 0 Å². The number of carbonyl (C=O) groups is 1. The number of carbonyl (C=O) groups excluding carboxylic acids is 1. The van der Waals surface area contributed by atoms with Gasteiger partial charge in [-0.1, -0.05) is 19.8 Å². The third-order valence-corrected chi connectivity index (χ3v) is 3.46. The van der Waals surface area contributed by atoms with Gasteiger partial charge >= 0.3 is 5.97 Å². The average molecular weight is 237 g/mol. The molecule has 1 aliphatic rings. The van der Waals surface area contributed by atoms with Crippen LogP contribution in [0, 0.1) is 5.92 Å². The number of rotatable bonds is 3. The molecular formula is C12H19N3O2. The van der Waals surface area contributed by atoms with E-state index in [2.05, 4.69) is 17.1 Å². The zero-order chi connectivity index (χ0) is 12.3. The zero-order valence-electron chi connectivity index (χ0n) is 10.1. The smallest absolute Gasteiger partial charge is 0.358 e. The number of ether oxygens (including phenoxy) is 1. The highest BCUT2D eigenvalue weighted by Crippen LogP contribution is 2.29. The predicted octanol–water partition coefficient (Wildman–Crippen LogP) is 2.12. The monoisotopic (exact) mass is 237 g/mol. The molecule has 0 bridgehead atoms. The number of hydrogen-bond donors (Lipinski definition) is 2. The van der Waals surface area contributed by atoms with E-state index in [9.17, 15) is 4.79 Å². The molecule has 5 nitrogen and oxygen atoms in total. The van der Waals surface area contributed by atoms with E-state index in [1.54, 1.807) is 0 Å². The van der Waals surface area contributed by atoms with Crippen LogP contribution in [0.25, 0.3) is 0 Å². The second-order valence-corrected chi connectivity index (χ2v) is 4.67. The van der Waals surface area contributed by atoms with Gasteiger partial charge in [-0.25, -0.2) is 4.79 Å². The maximum atomic E-state index is 11.8. The number of H-pyrrole nitrogens is 1. The van der Waals surface area contributed by atoms with Gasteiger partial charge in [0.15, 0.2) is 5.69 Å². The Morgan fingerprint density at radius 1 is 1.65 bits per heavy atom. The second kappa shape index (κ2) is 5.21. The predicted molar refractivity (Wildman–Crippen MR) is 64.5 cm³/mol. The molecular weight excluding hydrogens is 218 g/mol. The summed E-state index contributed by atoms with van der Waals surface area (Å²) in [6, 6.07) is 0. The number of anilines is 1. The van der Waals surface area contributed by atoms with Crippen LogP contribution in [0.1, 0.15) is 49.5 Å². The molecule has 0 spiro atoms. The molecule has 2 atom stereocenters. The Kier molecular flexibility index (Phi) is 3.66. The molecule has 1 saturated carbocycles. The van der Waals surface area contributed by atoms with Crippen molar-refractivity contribution in [3.05, 3.63) is 11.9 Å². The van der Waals surface area contributed by atoms with E-state index in [1.165, 1.54) is 12.6 Å². The Morgan fingerprint density at radius 2 is 2.47 bits per heavy atom. The highest BCUT2D eigenvalue weighted by molar-refractivity contribution is 5.92. The Bertz CT molecular complexity index is 389. The molecule has 1 aromatic rings. The molecule has 2 rings (SSSR count). The fourth-order valence-corrected chi connectivity index (χ4v) is 2.39. The molecule has 17 heavy (non-hydrogen) atoms. The van der Waals surface area contributed by atoms with E-state index in [4.69, 9.17) is 10.5 Å². The lowest BCUT2D eigenvalue weighted by molar-refractivity contribution is 0.0135. The molecule has 0 saturated heterocycles. The van der Waals surface area contributed by atoms with Gasteiger partial charge in [0, 0.05) is 0 Å². The standard InChI is InChI=1S/C12H19N3O2/c1-2-8-4-3-5-9(6-8)17-12(16)11-10(13)7-14-15-11/h7-9H,2-6,13H2,1H3,(H,14,15). The lowest BCUT2D eigenvalue weighted by atomic mass is 9.85. The number of nitrogens with two attached hydrogens (primary N) is 1. The molecule has 0 radical (unpaired) electrons. The third-order valence-electron chi connectivity index (χ3n) is 3.46. The van der Waals surface area contributed by atoms with Gasteiger partial charge in [0.05, 0.1) is 11.9 Å². The van der Waals surface area contributed by atoms with E-state index in [-0.39, 0.29) is 17.8 Å².